The van der Waals surface area contributed by atoms with Gasteiger partial charge < -0.3 is 25.1 Å². The highest BCUT2D eigenvalue weighted by Gasteiger charge is 2.22. The summed E-state index contributed by atoms with van der Waals surface area (Å²) in [6.07, 6.45) is 4.85. The first-order valence-electron chi connectivity index (χ1n) is 10.7. The molecule has 3 N–H and O–H groups in total. The maximum atomic E-state index is 12.0. The van der Waals surface area contributed by atoms with Crippen molar-refractivity contribution in [3.63, 3.8) is 0 Å². The smallest absolute Gasteiger partial charge is 0.287 e. The second kappa shape index (κ2) is 11.3. The number of nitrogens with one attached hydrogen (secondary N) is 3. The Morgan fingerprint density at radius 3 is 2.70 bits per heavy atom. The number of aryl methyl sites for hydroxylation is 1. The largest absolute Gasteiger partial charge is 0.493 e. The van der Waals surface area contributed by atoms with Crippen molar-refractivity contribution in [1.82, 2.24) is 16.0 Å². The van der Waals surface area contributed by atoms with Gasteiger partial charge in [0.15, 0.2) is 11.7 Å². The zero-order chi connectivity index (χ0) is 21.2. The molecule has 7 heteroatoms. The van der Waals surface area contributed by atoms with Crippen molar-refractivity contribution in [3.8, 4) is 5.75 Å². The molecule has 0 radical (unpaired) electrons. The molecule has 30 heavy (non-hydrogen) atoms. The van der Waals surface area contributed by atoms with E-state index in [1.54, 1.807) is 6.07 Å². The third-order valence-corrected chi connectivity index (χ3v) is 4.90. The van der Waals surface area contributed by atoms with E-state index in [1.165, 1.54) is 19.1 Å². The predicted molar refractivity (Wildman–Crippen MR) is 118 cm³/mol. The fourth-order valence-corrected chi connectivity index (χ4v) is 2.96. The van der Waals surface area contributed by atoms with E-state index in [1.807, 2.05) is 32.0 Å². The Balaban J connectivity index is 1.43. The number of furan rings is 1. The number of rotatable bonds is 11. The summed E-state index contributed by atoms with van der Waals surface area (Å²) in [5, 5.41) is 9.45. The van der Waals surface area contributed by atoms with E-state index >= 15 is 0 Å². The number of ether oxygens (including phenoxy) is 1. The molecule has 0 atom stereocenters. The second-order valence-electron chi connectivity index (χ2n) is 7.53. The fourth-order valence-electron chi connectivity index (χ4n) is 2.96. The van der Waals surface area contributed by atoms with Gasteiger partial charge in [-0.2, -0.15) is 0 Å². The molecule has 1 aromatic heterocycles. The molecule has 0 aliphatic heterocycles. The fraction of sp³-hybridized carbons (Fsp3) is 0.478. The molecular formula is C23H32N4O3. The standard InChI is InChI=1S/C23H32N4O3/c1-3-24-23(26-13-6-12-25-22(28)21-17(2)11-14-29-21)27-15-19-7-4-5-8-20(19)30-16-18-9-10-18/h4-5,7-8,11,14,18H,3,6,9-10,12-13,15-16H2,1-2H3,(H,25,28)(H2,24,26,27). The highest BCUT2D eigenvalue weighted by atomic mass is 16.5. The number of carbonyl (C=O) groups excluding carboxylic acids is 1. The Kier molecular flexibility index (Phi) is 8.18. The molecule has 1 fully saturated rings. The van der Waals surface area contributed by atoms with Crippen LogP contribution < -0.4 is 20.7 Å². The van der Waals surface area contributed by atoms with E-state index in [0.717, 1.165) is 48.3 Å². The average Bonchev–Trinajstić information content (AvgIpc) is 3.49. The lowest BCUT2D eigenvalue weighted by Gasteiger charge is -2.13. The molecule has 1 saturated carbocycles. The van der Waals surface area contributed by atoms with Crippen LogP contribution >= 0.6 is 0 Å². The van der Waals surface area contributed by atoms with Crippen LogP contribution in [0.3, 0.4) is 0 Å². The Bertz CT molecular complexity index is 842. The first-order chi connectivity index (χ1) is 14.7. The molecule has 1 aromatic carbocycles. The summed E-state index contributed by atoms with van der Waals surface area (Å²) >= 11 is 0. The van der Waals surface area contributed by atoms with Crippen LogP contribution in [-0.4, -0.2) is 38.1 Å². The normalized spacial score (nSPS) is 13.7. The summed E-state index contributed by atoms with van der Waals surface area (Å²) in [6.45, 7) is 7.27. The monoisotopic (exact) mass is 412 g/mol. The van der Waals surface area contributed by atoms with E-state index < -0.39 is 0 Å². The highest BCUT2D eigenvalue weighted by molar-refractivity contribution is 5.92. The lowest BCUT2D eigenvalue weighted by atomic mass is 10.2. The van der Waals surface area contributed by atoms with Crippen molar-refractivity contribution >= 4 is 11.9 Å². The predicted octanol–water partition coefficient (Wildman–Crippen LogP) is 3.25. The zero-order valence-corrected chi connectivity index (χ0v) is 17.9. The first kappa shape index (κ1) is 21.7. The second-order valence-corrected chi connectivity index (χ2v) is 7.53. The molecule has 1 aliphatic carbocycles. The molecule has 162 valence electrons. The van der Waals surface area contributed by atoms with Gasteiger partial charge in [0, 0.05) is 30.8 Å². The number of carbonyl (C=O) groups is 1. The maximum Gasteiger partial charge on any atom is 0.287 e. The van der Waals surface area contributed by atoms with Crippen LogP contribution in [0.1, 0.15) is 47.9 Å². The average molecular weight is 413 g/mol. The molecule has 0 unspecified atom stereocenters. The van der Waals surface area contributed by atoms with Crippen LogP contribution in [0.2, 0.25) is 0 Å². The number of aliphatic imine (C=N–C) groups is 1. The van der Waals surface area contributed by atoms with Gasteiger partial charge in [0.25, 0.3) is 5.91 Å². The minimum Gasteiger partial charge on any atom is -0.493 e. The Morgan fingerprint density at radius 2 is 1.97 bits per heavy atom. The number of hydrogen-bond donors (Lipinski definition) is 3. The van der Waals surface area contributed by atoms with Crippen molar-refractivity contribution in [1.29, 1.82) is 0 Å². The number of para-hydroxylation sites is 1. The summed E-state index contributed by atoms with van der Waals surface area (Å²) < 4.78 is 11.2. The SMILES string of the molecule is CCNC(=NCc1ccccc1OCC1CC1)NCCCNC(=O)c1occc1C. The lowest BCUT2D eigenvalue weighted by Crippen LogP contribution is -2.38. The molecule has 7 nitrogen and oxygen atoms in total. The van der Waals surface area contributed by atoms with E-state index in [2.05, 4.69) is 27.0 Å². The van der Waals surface area contributed by atoms with Crippen LogP contribution in [0.5, 0.6) is 5.75 Å². The van der Waals surface area contributed by atoms with E-state index in [0.29, 0.717) is 25.4 Å². The quantitative estimate of drug-likeness (QED) is 0.300. The number of nitrogens with zero attached hydrogens (tertiary/aromatic N) is 1. The highest BCUT2D eigenvalue weighted by Crippen LogP contribution is 2.30. The van der Waals surface area contributed by atoms with Gasteiger partial charge in [-0.15, -0.1) is 0 Å². The van der Waals surface area contributed by atoms with Crippen molar-refractivity contribution in [2.75, 3.05) is 26.2 Å². The van der Waals surface area contributed by atoms with Crippen molar-refractivity contribution in [2.24, 2.45) is 10.9 Å². The third-order valence-electron chi connectivity index (χ3n) is 4.90. The van der Waals surface area contributed by atoms with Crippen LogP contribution in [0.4, 0.5) is 0 Å². The third kappa shape index (κ3) is 6.83. The Hall–Kier alpha value is -2.96. The number of benzene rings is 1. The maximum absolute atomic E-state index is 12.0. The van der Waals surface area contributed by atoms with Crippen LogP contribution in [0.15, 0.2) is 46.0 Å². The Morgan fingerprint density at radius 1 is 1.17 bits per heavy atom. The van der Waals surface area contributed by atoms with Gasteiger partial charge in [0.2, 0.25) is 0 Å². The van der Waals surface area contributed by atoms with Gasteiger partial charge >= 0.3 is 0 Å². The van der Waals surface area contributed by atoms with Gasteiger partial charge in [-0.1, -0.05) is 18.2 Å². The number of amides is 1. The first-order valence-corrected chi connectivity index (χ1v) is 10.7. The summed E-state index contributed by atoms with van der Waals surface area (Å²) in [7, 11) is 0. The molecule has 2 aromatic rings. The van der Waals surface area contributed by atoms with E-state index in [-0.39, 0.29) is 5.91 Å². The van der Waals surface area contributed by atoms with Gasteiger partial charge in [0.05, 0.1) is 19.4 Å². The zero-order valence-electron chi connectivity index (χ0n) is 17.9. The van der Waals surface area contributed by atoms with Gasteiger partial charge in [0.1, 0.15) is 5.75 Å². The van der Waals surface area contributed by atoms with E-state index in [9.17, 15) is 4.79 Å². The van der Waals surface area contributed by atoms with Gasteiger partial charge in [-0.25, -0.2) is 4.99 Å². The molecule has 0 bridgehead atoms. The summed E-state index contributed by atoms with van der Waals surface area (Å²) in [5.41, 5.74) is 1.92. The molecule has 3 rings (SSSR count). The topological polar surface area (TPSA) is 87.9 Å². The van der Waals surface area contributed by atoms with Crippen LogP contribution in [-0.2, 0) is 6.54 Å². The molecule has 0 spiro atoms. The van der Waals surface area contributed by atoms with Crippen molar-refractivity contribution in [3.05, 3.63) is 53.5 Å². The summed E-state index contributed by atoms with van der Waals surface area (Å²) in [4.78, 5) is 16.7. The molecule has 1 aliphatic rings. The van der Waals surface area contributed by atoms with Crippen molar-refractivity contribution < 1.29 is 13.9 Å². The van der Waals surface area contributed by atoms with Crippen molar-refractivity contribution in [2.45, 2.75) is 39.7 Å². The molecule has 1 heterocycles. The lowest BCUT2D eigenvalue weighted by molar-refractivity contribution is 0.0925. The minimum atomic E-state index is -0.180. The number of guanidine groups is 1. The molecule has 1 amide bonds. The van der Waals surface area contributed by atoms with E-state index in [4.69, 9.17) is 9.15 Å². The Labute approximate surface area is 178 Å². The van der Waals surface area contributed by atoms with Gasteiger partial charge in [-0.05, 0) is 51.2 Å². The number of hydrogen-bond acceptors (Lipinski definition) is 4. The minimum absolute atomic E-state index is 0.180. The summed E-state index contributed by atoms with van der Waals surface area (Å²) in [5.74, 6) is 2.58. The summed E-state index contributed by atoms with van der Waals surface area (Å²) in [6, 6.07) is 9.86. The van der Waals surface area contributed by atoms with Crippen LogP contribution in [0.25, 0.3) is 0 Å². The molecular weight excluding hydrogens is 380 g/mol. The van der Waals surface area contributed by atoms with Gasteiger partial charge in [-0.3, -0.25) is 4.79 Å². The van der Waals surface area contributed by atoms with Crippen LogP contribution in [0, 0.1) is 12.8 Å². The molecule has 0 saturated heterocycles.